The fourth-order valence-corrected chi connectivity index (χ4v) is 2.07. The highest BCUT2D eigenvalue weighted by Gasteiger charge is 2.20. The van der Waals surface area contributed by atoms with Crippen LogP contribution in [-0.4, -0.2) is 6.04 Å². The molecule has 4 N–H and O–H groups in total. The van der Waals surface area contributed by atoms with Crippen molar-refractivity contribution in [2.45, 2.75) is 33.7 Å². The molecule has 0 saturated carbocycles. The smallest absolute Gasteiger partial charge is 0.0225 e. The predicted molar refractivity (Wildman–Crippen MR) is 70.6 cm³/mol. The lowest BCUT2D eigenvalue weighted by Crippen LogP contribution is -2.23. The molecule has 90 valence electrons. The molecule has 1 rings (SSSR count). The summed E-state index contributed by atoms with van der Waals surface area (Å²) in [7, 11) is 0. The molecular weight excluding hydrogens is 196 g/mol. The Hall–Kier alpha value is -1.02. The van der Waals surface area contributed by atoms with E-state index in [1.807, 2.05) is 13.0 Å². The molecule has 3 unspecified atom stereocenters. The first-order valence-corrected chi connectivity index (χ1v) is 6.04. The highest BCUT2D eigenvalue weighted by molar-refractivity contribution is 5.31. The van der Waals surface area contributed by atoms with Crippen LogP contribution in [0.1, 0.15) is 27.7 Å². The van der Waals surface area contributed by atoms with Gasteiger partial charge in [0, 0.05) is 17.7 Å². The molecule has 2 nitrogen and oxygen atoms in total. The van der Waals surface area contributed by atoms with Gasteiger partial charge in [-0.1, -0.05) is 39.0 Å². The SMILES string of the molecule is CC(N)/C=C(/N)C1C=CC(C(C)C)=CC1C. The average molecular weight is 220 g/mol. The molecular formula is C14H24N2. The molecule has 0 saturated heterocycles. The maximum Gasteiger partial charge on any atom is 0.0225 e. The number of allylic oxidation sites excluding steroid dienone is 4. The normalized spacial score (nSPS) is 28.1. The van der Waals surface area contributed by atoms with E-state index >= 15 is 0 Å². The standard InChI is InChI=1S/C14H24N2/c1-9(2)12-5-6-13(10(3)7-12)14(16)8-11(4)15/h5-11,13H,15-16H2,1-4H3/b14-8+. The maximum atomic E-state index is 6.06. The monoisotopic (exact) mass is 220 g/mol. The van der Waals surface area contributed by atoms with Crippen LogP contribution in [0.5, 0.6) is 0 Å². The lowest BCUT2D eigenvalue weighted by Gasteiger charge is -2.25. The van der Waals surface area contributed by atoms with Crippen molar-refractivity contribution in [2.75, 3.05) is 0 Å². The van der Waals surface area contributed by atoms with Gasteiger partial charge < -0.3 is 11.5 Å². The van der Waals surface area contributed by atoms with E-state index in [-0.39, 0.29) is 6.04 Å². The number of hydrogen-bond acceptors (Lipinski definition) is 2. The summed E-state index contributed by atoms with van der Waals surface area (Å²) < 4.78 is 0. The molecule has 0 aromatic heterocycles. The zero-order valence-electron chi connectivity index (χ0n) is 10.8. The number of nitrogens with two attached hydrogens (primary N) is 2. The molecule has 16 heavy (non-hydrogen) atoms. The summed E-state index contributed by atoms with van der Waals surface area (Å²) in [6.45, 7) is 8.58. The molecule has 0 aliphatic heterocycles. The van der Waals surface area contributed by atoms with Crippen molar-refractivity contribution in [1.29, 1.82) is 0 Å². The first-order chi connectivity index (χ1) is 7.41. The van der Waals surface area contributed by atoms with Gasteiger partial charge in [-0.05, 0) is 30.4 Å². The van der Waals surface area contributed by atoms with E-state index in [0.717, 1.165) is 5.70 Å². The lowest BCUT2D eigenvalue weighted by molar-refractivity contribution is 0.553. The number of hydrogen-bond donors (Lipinski definition) is 2. The Kier molecular flexibility index (Phi) is 4.36. The molecule has 0 heterocycles. The lowest BCUT2D eigenvalue weighted by atomic mass is 9.82. The van der Waals surface area contributed by atoms with E-state index in [9.17, 15) is 0 Å². The van der Waals surface area contributed by atoms with Crippen molar-refractivity contribution in [1.82, 2.24) is 0 Å². The Morgan fingerprint density at radius 2 is 2.00 bits per heavy atom. The molecule has 0 fully saturated rings. The van der Waals surface area contributed by atoms with Gasteiger partial charge >= 0.3 is 0 Å². The maximum absolute atomic E-state index is 6.06. The van der Waals surface area contributed by atoms with Crippen molar-refractivity contribution in [3.8, 4) is 0 Å². The van der Waals surface area contributed by atoms with E-state index in [1.54, 1.807) is 0 Å². The van der Waals surface area contributed by atoms with Gasteiger partial charge in [-0.3, -0.25) is 0 Å². The van der Waals surface area contributed by atoms with Crippen LogP contribution in [0.25, 0.3) is 0 Å². The van der Waals surface area contributed by atoms with E-state index in [4.69, 9.17) is 11.5 Å². The molecule has 2 heteroatoms. The van der Waals surface area contributed by atoms with Crippen LogP contribution < -0.4 is 11.5 Å². The second-order valence-electron chi connectivity index (χ2n) is 5.09. The molecule has 0 aromatic carbocycles. The van der Waals surface area contributed by atoms with E-state index in [0.29, 0.717) is 17.8 Å². The van der Waals surface area contributed by atoms with Crippen LogP contribution >= 0.6 is 0 Å². The second kappa shape index (κ2) is 5.35. The van der Waals surface area contributed by atoms with Crippen molar-refractivity contribution in [2.24, 2.45) is 29.2 Å². The van der Waals surface area contributed by atoms with Crippen LogP contribution in [0.2, 0.25) is 0 Å². The van der Waals surface area contributed by atoms with E-state index in [2.05, 4.69) is 39.0 Å². The highest BCUT2D eigenvalue weighted by atomic mass is 14.6. The van der Waals surface area contributed by atoms with Crippen LogP contribution in [0.3, 0.4) is 0 Å². The Balaban J connectivity index is 2.80. The molecule has 1 aliphatic rings. The van der Waals surface area contributed by atoms with Gasteiger partial charge in [-0.15, -0.1) is 0 Å². The molecule has 0 spiro atoms. The molecule has 1 aliphatic carbocycles. The summed E-state index contributed by atoms with van der Waals surface area (Å²) in [6.07, 6.45) is 8.66. The third kappa shape index (κ3) is 3.24. The summed E-state index contributed by atoms with van der Waals surface area (Å²) >= 11 is 0. The van der Waals surface area contributed by atoms with E-state index in [1.165, 1.54) is 5.57 Å². The molecule has 0 bridgehead atoms. The van der Waals surface area contributed by atoms with Gasteiger partial charge in [0.05, 0.1) is 0 Å². The van der Waals surface area contributed by atoms with Gasteiger partial charge in [0.15, 0.2) is 0 Å². The third-order valence-electron chi connectivity index (χ3n) is 3.02. The van der Waals surface area contributed by atoms with Crippen LogP contribution in [-0.2, 0) is 0 Å². The van der Waals surface area contributed by atoms with Crippen LogP contribution in [0, 0.1) is 17.8 Å². The quantitative estimate of drug-likeness (QED) is 0.768. The largest absolute Gasteiger partial charge is 0.402 e. The highest BCUT2D eigenvalue weighted by Crippen LogP contribution is 2.29. The Morgan fingerprint density at radius 1 is 1.38 bits per heavy atom. The molecule has 0 radical (unpaired) electrons. The Labute approximate surface area is 99.1 Å². The number of rotatable bonds is 3. The van der Waals surface area contributed by atoms with Gasteiger partial charge in [-0.2, -0.15) is 0 Å². The fraction of sp³-hybridized carbons (Fsp3) is 0.571. The molecule has 0 aromatic rings. The van der Waals surface area contributed by atoms with Crippen LogP contribution in [0.15, 0.2) is 35.6 Å². The zero-order chi connectivity index (χ0) is 12.3. The van der Waals surface area contributed by atoms with Gasteiger partial charge in [-0.25, -0.2) is 0 Å². The minimum atomic E-state index is 0.0241. The molecule has 3 atom stereocenters. The van der Waals surface area contributed by atoms with Crippen LogP contribution in [0.4, 0.5) is 0 Å². The van der Waals surface area contributed by atoms with Gasteiger partial charge in [0.25, 0.3) is 0 Å². The topological polar surface area (TPSA) is 52.0 Å². The van der Waals surface area contributed by atoms with Crippen molar-refractivity contribution >= 4 is 0 Å². The Bertz CT molecular complexity index is 322. The summed E-state index contributed by atoms with van der Waals surface area (Å²) in [4.78, 5) is 0. The summed E-state index contributed by atoms with van der Waals surface area (Å²) in [5.41, 5.74) is 14.1. The summed E-state index contributed by atoms with van der Waals surface area (Å²) in [6, 6.07) is 0.0241. The van der Waals surface area contributed by atoms with E-state index < -0.39 is 0 Å². The van der Waals surface area contributed by atoms with Crippen molar-refractivity contribution in [3.63, 3.8) is 0 Å². The predicted octanol–water partition coefficient (Wildman–Crippen LogP) is 2.58. The van der Waals surface area contributed by atoms with Gasteiger partial charge in [0.1, 0.15) is 0 Å². The Morgan fingerprint density at radius 3 is 2.44 bits per heavy atom. The van der Waals surface area contributed by atoms with Crippen molar-refractivity contribution < 1.29 is 0 Å². The first kappa shape index (κ1) is 13.0. The first-order valence-electron chi connectivity index (χ1n) is 6.04. The second-order valence-corrected chi connectivity index (χ2v) is 5.09. The average Bonchev–Trinajstić information content (AvgIpc) is 2.15. The summed E-state index contributed by atoms with van der Waals surface area (Å²) in [5.74, 6) is 1.34. The minimum Gasteiger partial charge on any atom is -0.402 e. The van der Waals surface area contributed by atoms with Crippen molar-refractivity contribution in [3.05, 3.63) is 35.6 Å². The minimum absolute atomic E-state index is 0.0241. The molecule has 0 amide bonds. The third-order valence-corrected chi connectivity index (χ3v) is 3.02. The fourth-order valence-electron chi connectivity index (χ4n) is 2.07. The zero-order valence-corrected chi connectivity index (χ0v) is 10.8. The summed E-state index contributed by atoms with van der Waals surface area (Å²) in [5, 5.41) is 0. The van der Waals surface area contributed by atoms with Gasteiger partial charge in [0.2, 0.25) is 0 Å².